The van der Waals surface area contributed by atoms with E-state index in [-0.39, 0.29) is 18.1 Å². The lowest BCUT2D eigenvalue weighted by Crippen LogP contribution is -2.41. The van der Waals surface area contributed by atoms with E-state index in [1.807, 2.05) is 35.2 Å². The molecule has 0 bridgehead atoms. The Morgan fingerprint density at radius 1 is 0.879 bits per heavy atom. The fourth-order valence-electron chi connectivity index (χ4n) is 5.41. The minimum absolute atomic E-state index is 0.0154. The Hall–Kier alpha value is -3.11. The number of carbonyl (C=O) groups excluding carboxylic acids is 1. The zero-order chi connectivity index (χ0) is 22.6. The van der Waals surface area contributed by atoms with Gasteiger partial charge in [-0.25, -0.2) is 4.79 Å². The van der Waals surface area contributed by atoms with Crippen LogP contribution in [0.1, 0.15) is 60.8 Å². The minimum atomic E-state index is -0.585. The highest BCUT2D eigenvalue weighted by Crippen LogP contribution is 2.44. The minimum Gasteiger partial charge on any atom is -0.448 e. The molecule has 4 nitrogen and oxygen atoms in total. The van der Waals surface area contributed by atoms with Crippen molar-refractivity contribution < 1.29 is 14.6 Å². The first kappa shape index (κ1) is 21.7. The Morgan fingerprint density at radius 3 is 2.21 bits per heavy atom. The summed E-state index contributed by atoms with van der Waals surface area (Å²) in [5, 5.41) is 10.8. The summed E-state index contributed by atoms with van der Waals surface area (Å²) in [5.74, 6) is 0.0571. The predicted molar refractivity (Wildman–Crippen MR) is 130 cm³/mol. The Balaban J connectivity index is 1.30. The van der Waals surface area contributed by atoms with Crippen molar-refractivity contribution in [3.8, 4) is 11.1 Å². The van der Waals surface area contributed by atoms with Crippen LogP contribution in [0.15, 0.2) is 78.9 Å². The van der Waals surface area contributed by atoms with Crippen LogP contribution < -0.4 is 0 Å². The van der Waals surface area contributed by atoms with Crippen molar-refractivity contribution in [1.29, 1.82) is 0 Å². The normalized spacial score (nSPS) is 18.8. The first-order valence-electron chi connectivity index (χ1n) is 12.1. The molecule has 1 aliphatic heterocycles. The molecule has 0 radical (unpaired) electrons. The number of amides is 1. The molecule has 2 aliphatic rings. The highest BCUT2D eigenvalue weighted by Gasteiger charge is 2.32. The number of aliphatic hydroxyl groups is 1. The number of benzene rings is 3. The molecule has 33 heavy (non-hydrogen) atoms. The Bertz CT molecular complexity index is 1050. The van der Waals surface area contributed by atoms with Gasteiger partial charge in [0.2, 0.25) is 0 Å². The van der Waals surface area contributed by atoms with Crippen molar-refractivity contribution in [2.24, 2.45) is 0 Å². The number of aliphatic hydroxyl groups excluding tert-OH is 1. The molecule has 4 heteroatoms. The van der Waals surface area contributed by atoms with Gasteiger partial charge < -0.3 is 14.7 Å². The van der Waals surface area contributed by atoms with Crippen LogP contribution in [-0.4, -0.2) is 35.3 Å². The highest BCUT2D eigenvalue weighted by atomic mass is 16.6. The van der Waals surface area contributed by atoms with E-state index in [1.165, 1.54) is 22.3 Å². The quantitative estimate of drug-likeness (QED) is 0.505. The summed E-state index contributed by atoms with van der Waals surface area (Å²) in [5.41, 5.74) is 5.80. The molecule has 1 heterocycles. The summed E-state index contributed by atoms with van der Waals surface area (Å²) < 4.78 is 5.96. The van der Waals surface area contributed by atoms with Gasteiger partial charge >= 0.3 is 6.09 Å². The molecule has 1 saturated heterocycles. The van der Waals surface area contributed by atoms with Crippen molar-refractivity contribution in [3.63, 3.8) is 0 Å². The van der Waals surface area contributed by atoms with Gasteiger partial charge in [-0.2, -0.15) is 0 Å². The molecule has 3 aromatic carbocycles. The molecule has 5 rings (SSSR count). The summed E-state index contributed by atoms with van der Waals surface area (Å²) in [6, 6.07) is 26.5. The number of likely N-dealkylation sites (tertiary alicyclic amines) is 1. The van der Waals surface area contributed by atoms with Crippen LogP contribution in [0.4, 0.5) is 4.79 Å². The zero-order valence-corrected chi connectivity index (χ0v) is 18.9. The maximum Gasteiger partial charge on any atom is 0.410 e. The van der Waals surface area contributed by atoms with Gasteiger partial charge in [-0.1, -0.05) is 91.7 Å². The molecule has 1 aliphatic carbocycles. The number of hydrogen-bond acceptors (Lipinski definition) is 3. The molecule has 2 unspecified atom stereocenters. The summed E-state index contributed by atoms with van der Waals surface area (Å²) >= 11 is 0. The van der Waals surface area contributed by atoms with Gasteiger partial charge in [0.05, 0.1) is 6.10 Å². The molecule has 0 aromatic heterocycles. The Labute approximate surface area is 195 Å². The largest absolute Gasteiger partial charge is 0.448 e. The Morgan fingerprint density at radius 2 is 1.52 bits per heavy atom. The maximum atomic E-state index is 13.3. The fraction of sp³-hybridized carbons (Fsp3) is 0.345. The van der Waals surface area contributed by atoms with E-state index in [9.17, 15) is 9.90 Å². The third kappa shape index (κ3) is 4.53. The van der Waals surface area contributed by atoms with Crippen LogP contribution in [-0.2, 0) is 4.74 Å². The van der Waals surface area contributed by atoms with E-state index >= 15 is 0 Å². The number of rotatable bonds is 5. The van der Waals surface area contributed by atoms with Crippen molar-refractivity contribution in [3.05, 3.63) is 95.6 Å². The molecular weight excluding hydrogens is 410 g/mol. The summed E-state index contributed by atoms with van der Waals surface area (Å²) in [4.78, 5) is 15.1. The second-order valence-corrected chi connectivity index (χ2v) is 9.16. The predicted octanol–water partition coefficient (Wildman–Crippen LogP) is 6.30. The molecule has 0 spiro atoms. The van der Waals surface area contributed by atoms with E-state index in [4.69, 9.17) is 4.74 Å². The van der Waals surface area contributed by atoms with E-state index in [1.54, 1.807) is 0 Å². The number of fused-ring (bicyclic) bond motifs is 3. The van der Waals surface area contributed by atoms with Crippen LogP contribution in [0.3, 0.4) is 0 Å². The molecular formula is C29H31NO3. The first-order valence-corrected chi connectivity index (χ1v) is 12.1. The van der Waals surface area contributed by atoms with Gasteiger partial charge in [0.25, 0.3) is 0 Å². The van der Waals surface area contributed by atoms with Gasteiger partial charge in [0.15, 0.2) is 0 Å². The second-order valence-electron chi connectivity index (χ2n) is 9.16. The number of carbonyl (C=O) groups is 1. The average molecular weight is 442 g/mol. The van der Waals surface area contributed by atoms with Crippen LogP contribution in [0.2, 0.25) is 0 Å². The smallest absolute Gasteiger partial charge is 0.410 e. The molecule has 2 atom stereocenters. The van der Waals surface area contributed by atoms with Crippen LogP contribution in [0, 0.1) is 0 Å². The molecule has 0 saturated carbocycles. The first-order chi connectivity index (χ1) is 16.2. The van der Waals surface area contributed by atoms with Crippen molar-refractivity contribution in [1.82, 2.24) is 4.90 Å². The van der Waals surface area contributed by atoms with E-state index in [2.05, 4.69) is 48.5 Å². The van der Waals surface area contributed by atoms with Gasteiger partial charge in [0, 0.05) is 18.5 Å². The van der Waals surface area contributed by atoms with Crippen molar-refractivity contribution >= 4 is 6.09 Å². The standard InChI is InChI=1S/C29H31NO3/c31-28(21-11-3-1-4-12-21)19-22-13-5-2-10-18-30(22)29(32)33-20-27-25-16-8-6-14-23(25)24-15-7-9-17-26(24)27/h1,3-4,6-9,11-12,14-17,22,27-28,31H,2,5,10,13,18-20H2. The van der Waals surface area contributed by atoms with Gasteiger partial charge in [-0.15, -0.1) is 0 Å². The van der Waals surface area contributed by atoms with Crippen molar-refractivity contribution in [2.45, 2.75) is 50.2 Å². The lowest BCUT2D eigenvalue weighted by molar-refractivity contribution is 0.0654. The zero-order valence-electron chi connectivity index (χ0n) is 18.9. The van der Waals surface area contributed by atoms with Crippen LogP contribution >= 0.6 is 0 Å². The van der Waals surface area contributed by atoms with E-state index in [0.717, 1.165) is 31.2 Å². The number of nitrogens with zero attached hydrogens (tertiary/aromatic N) is 1. The van der Waals surface area contributed by atoms with E-state index in [0.29, 0.717) is 19.6 Å². The third-order valence-electron chi connectivity index (χ3n) is 7.13. The molecule has 1 N–H and O–H groups in total. The fourth-order valence-corrected chi connectivity index (χ4v) is 5.41. The van der Waals surface area contributed by atoms with Crippen LogP contribution in [0.25, 0.3) is 11.1 Å². The summed E-state index contributed by atoms with van der Waals surface area (Å²) in [6.45, 7) is 1.01. The molecule has 3 aromatic rings. The highest BCUT2D eigenvalue weighted by molar-refractivity contribution is 5.79. The number of hydrogen-bond donors (Lipinski definition) is 1. The average Bonchev–Trinajstić information content (AvgIpc) is 2.99. The van der Waals surface area contributed by atoms with Crippen LogP contribution in [0.5, 0.6) is 0 Å². The summed E-state index contributed by atoms with van der Waals surface area (Å²) in [7, 11) is 0. The van der Waals surface area contributed by atoms with Crippen molar-refractivity contribution in [2.75, 3.05) is 13.2 Å². The lowest BCUT2D eigenvalue weighted by atomic mass is 9.98. The van der Waals surface area contributed by atoms with Gasteiger partial charge in [-0.3, -0.25) is 0 Å². The maximum absolute atomic E-state index is 13.3. The SMILES string of the molecule is O=C(OCC1c2ccccc2-c2ccccc21)N1CCCCCC1CC(O)c1ccccc1. The third-order valence-corrected chi connectivity index (χ3v) is 7.13. The molecule has 1 fully saturated rings. The van der Waals surface area contributed by atoms with Gasteiger partial charge in [-0.05, 0) is 47.1 Å². The summed E-state index contributed by atoms with van der Waals surface area (Å²) in [6.07, 6.45) is 3.73. The Kier molecular flexibility index (Phi) is 6.45. The second kappa shape index (κ2) is 9.80. The topological polar surface area (TPSA) is 49.8 Å². The lowest BCUT2D eigenvalue weighted by Gasteiger charge is -2.31. The monoisotopic (exact) mass is 441 g/mol. The number of ether oxygens (including phenoxy) is 1. The molecule has 1 amide bonds. The van der Waals surface area contributed by atoms with E-state index < -0.39 is 6.10 Å². The van der Waals surface area contributed by atoms with Gasteiger partial charge in [0.1, 0.15) is 6.61 Å². The molecule has 170 valence electrons.